The van der Waals surface area contributed by atoms with Gasteiger partial charge in [-0.15, -0.1) is 0 Å². The second-order valence-corrected chi connectivity index (χ2v) is 5.60. The van der Waals surface area contributed by atoms with Crippen molar-refractivity contribution in [3.63, 3.8) is 0 Å². The van der Waals surface area contributed by atoms with Gasteiger partial charge in [-0.3, -0.25) is 0 Å². The van der Waals surface area contributed by atoms with Gasteiger partial charge in [0.1, 0.15) is 0 Å². The third-order valence-electron chi connectivity index (χ3n) is 2.28. The topological polar surface area (TPSA) is 46.2 Å². The summed E-state index contributed by atoms with van der Waals surface area (Å²) in [5.41, 5.74) is 0. The van der Waals surface area contributed by atoms with Gasteiger partial charge < -0.3 is 0 Å². The second kappa shape index (κ2) is 5.55. The largest absolute Gasteiger partial charge is 0.240 e. The summed E-state index contributed by atoms with van der Waals surface area (Å²) < 4.78 is 51.6. The number of benzene rings is 1. The maximum absolute atomic E-state index is 12.9. The molecule has 0 fully saturated rings. The van der Waals surface area contributed by atoms with E-state index in [0.717, 1.165) is 18.6 Å². The summed E-state index contributed by atoms with van der Waals surface area (Å²) >= 11 is 0. The number of hydrogen-bond donors (Lipinski definition) is 1. The molecule has 0 radical (unpaired) electrons. The predicted octanol–water partition coefficient (Wildman–Crippen LogP) is 2.43. The molecule has 0 saturated carbocycles. The first-order chi connectivity index (χ1) is 7.86. The Morgan fingerprint density at radius 2 is 1.94 bits per heavy atom. The Labute approximate surface area is 99.9 Å². The average molecular weight is 263 g/mol. The van der Waals surface area contributed by atoms with E-state index >= 15 is 0 Å². The Hall–Kier alpha value is -1.01. The lowest BCUT2D eigenvalue weighted by Gasteiger charge is -2.13. The molecule has 6 heteroatoms. The molecule has 0 aliphatic heterocycles. The lowest BCUT2D eigenvalue weighted by atomic mass is 10.2. The molecule has 0 saturated heterocycles. The van der Waals surface area contributed by atoms with Crippen LogP contribution in [0.4, 0.5) is 8.78 Å². The van der Waals surface area contributed by atoms with E-state index in [9.17, 15) is 17.2 Å². The summed E-state index contributed by atoms with van der Waals surface area (Å²) in [4.78, 5) is -0.264. The highest BCUT2D eigenvalue weighted by Crippen LogP contribution is 2.14. The van der Waals surface area contributed by atoms with Crippen molar-refractivity contribution in [3.05, 3.63) is 29.8 Å². The van der Waals surface area contributed by atoms with E-state index in [-0.39, 0.29) is 10.9 Å². The molecule has 1 aromatic carbocycles. The van der Waals surface area contributed by atoms with Crippen LogP contribution in [0, 0.1) is 11.6 Å². The van der Waals surface area contributed by atoms with Crippen molar-refractivity contribution in [2.24, 2.45) is 0 Å². The Morgan fingerprint density at radius 3 is 2.47 bits per heavy atom. The SMILES string of the molecule is CCCC(C)NS(=O)(=O)c1ccc(F)c(F)c1. The van der Waals surface area contributed by atoms with Gasteiger partial charge >= 0.3 is 0 Å². The minimum Gasteiger partial charge on any atom is -0.208 e. The lowest BCUT2D eigenvalue weighted by Crippen LogP contribution is -2.32. The first kappa shape index (κ1) is 14.1. The first-order valence-electron chi connectivity index (χ1n) is 5.34. The zero-order chi connectivity index (χ0) is 13.1. The molecule has 17 heavy (non-hydrogen) atoms. The van der Waals surface area contributed by atoms with Crippen molar-refractivity contribution in [2.75, 3.05) is 0 Å². The van der Waals surface area contributed by atoms with Crippen LogP contribution >= 0.6 is 0 Å². The molecular weight excluding hydrogens is 248 g/mol. The van der Waals surface area contributed by atoms with Crippen molar-refractivity contribution < 1.29 is 17.2 Å². The van der Waals surface area contributed by atoms with E-state index in [1.807, 2.05) is 6.92 Å². The summed E-state index contributed by atoms with van der Waals surface area (Å²) in [6.07, 6.45) is 1.52. The van der Waals surface area contributed by atoms with Crippen molar-refractivity contribution in [1.29, 1.82) is 0 Å². The van der Waals surface area contributed by atoms with Crippen LogP contribution in [0.1, 0.15) is 26.7 Å². The maximum Gasteiger partial charge on any atom is 0.240 e. The van der Waals surface area contributed by atoms with Gasteiger partial charge in [0, 0.05) is 6.04 Å². The van der Waals surface area contributed by atoms with E-state index in [0.29, 0.717) is 12.5 Å². The van der Waals surface area contributed by atoms with Gasteiger partial charge in [0.25, 0.3) is 0 Å². The predicted molar refractivity (Wildman–Crippen MR) is 61.0 cm³/mol. The molecule has 96 valence electrons. The van der Waals surface area contributed by atoms with Crippen LogP contribution in [0.3, 0.4) is 0 Å². The van der Waals surface area contributed by atoms with Gasteiger partial charge in [-0.05, 0) is 31.5 Å². The Morgan fingerprint density at radius 1 is 1.29 bits per heavy atom. The zero-order valence-corrected chi connectivity index (χ0v) is 10.5. The molecule has 0 heterocycles. The molecule has 1 unspecified atom stereocenters. The molecule has 0 aliphatic carbocycles. The normalized spacial score (nSPS) is 13.6. The van der Waals surface area contributed by atoms with Gasteiger partial charge in [0.2, 0.25) is 10.0 Å². The summed E-state index contributed by atoms with van der Waals surface area (Å²) in [7, 11) is -3.78. The fourth-order valence-corrected chi connectivity index (χ4v) is 2.76. The van der Waals surface area contributed by atoms with Gasteiger partial charge in [-0.25, -0.2) is 21.9 Å². The molecule has 1 aromatic rings. The fourth-order valence-electron chi connectivity index (χ4n) is 1.47. The highest BCUT2D eigenvalue weighted by atomic mass is 32.2. The van der Waals surface area contributed by atoms with E-state index in [2.05, 4.69) is 4.72 Å². The van der Waals surface area contributed by atoms with Crippen LogP contribution in [0.15, 0.2) is 23.1 Å². The molecule has 0 amide bonds. The Bertz CT molecular complexity index is 488. The summed E-state index contributed by atoms with van der Waals surface area (Å²) in [5.74, 6) is -2.23. The van der Waals surface area contributed by atoms with E-state index in [1.165, 1.54) is 0 Å². The van der Waals surface area contributed by atoms with E-state index in [4.69, 9.17) is 0 Å². The third kappa shape index (κ3) is 3.74. The third-order valence-corrected chi connectivity index (χ3v) is 3.87. The smallest absolute Gasteiger partial charge is 0.208 e. The fraction of sp³-hybridized carbons (Fsp3) is 0.455. The van der Waals surface area contributed by atoms with Gasteiger partial charge in [0.15, 0.2) is 11.6 Å². The standard InChI is InChI=1S/C11H15F2NO2S/c1-3-4-8(2)14-17(15,16)9-5-6-10(12)11(13)7-9/h5-8,14H,3-4H2,1-2H3. The van der Waals surface area contributed by atoms with Crippen molar-refractivity contribution in [1.82, 2.24) is 4.72 Å². The summed E-state index contributed by atoms with van der Waals surface area (Å²) in [6, 6.07) is 2.28. The average Bonchev–Trinajstić information content (AvgIpc) is 2.21. The van der Waals surface area contributed by atoms with E-state index < -0.39 is 21.7 Å². The highest BCUT2D eigenvalue weighted by molar-refractivity contribution is 7.89. The second-order valence-electron chi connectivity index (χ2n) is 3.89. The van der Waals surface area contributed by atoms with Gasteiger partial charge in [0.05, 0.1) is 4.90 Å². The van der Waals surface area contributed by atoms with Gasteiger partial charge in [-0.1, -0.05) is 13.3 Å². The van der Waals surface area contributed by atoms with Crippen LogP contribution in [0.25, 0.3) is 0 Å². The molecule has 0 aliphatic rings. The highest BCUT2D eigenvalue weighted by Gasteiger charge is 2.18. The molecule has 1 N–H and O–H groups in total. The number of rotatable bonds is 5. The van der Waals surface area contributed by atoms with E-state index in [1.54, 1.807) is 6.92 Å². The Balaban J connectivity index is 2.93. The molecule has 1 rings (SSSR count). The minimum atomic E-state index is -3.78. The number of halogens is 2. The lowest BCUT2D eigenvalue weighted by molar-refractivity contribution is 0.503. The monoisotopic (exact) mass is 263 g/mol. The number of hydrogen-bond acceptors (Lipinski definition) is 2. The maximum atomic E-state index is 12.9. The van der Waals surface area contributed by atoms with Gasteiger partial charge in [-0.2, -0.15) is 0 Å². The van der Waals surface area contributed by atoms with Crippen LogP contribution in [-0.4, -0.2) is 14.5 Å². The van der Waals surface area contributed by atoms with Crippen LogP contribution in [0.2, 0.25) is 0 Å². The molecule has 0 spiro atoms. The van der Waals surface area contributed by atoms with Crippen LogP contribution in [0.5, 0.6) is 0 Å². The minimum absolute atomic E-state index is 0.238. The molecule has 3 nitrogen and oxygen atoms in total. The Kier molecular flexibility index (Phi) is 4.59. The first-order valence-corrected chi connectivity index (χ1v) is 6.82. The van der Waals surface area contributed by atoms with Crippen molar-refractivity contribution >= 4 is 10.0 Å². The quantitative estimate of drug-likeness (QED) is 0.886. The zero-order valence-electron chi connectivity index (χ0n) is 9.70. The van der Waals surface area contributed by atoms with Crippen LogP contribution < -0.4 is 4.72 Å². The molecule has 0 bridgehead atoms. The number of sulfonamides is 1. The summed E-state index contributed by atoms with van der Waals surface area (Å²) in [5, 5.41) is 0. The van der Waals surface area contributed by atoms with Crippen molar-refractivity contribution in [3.8, 4) is 0 Å². The number of nitrogens with one attached hydrogen (secondary N) is 1. The van der Waals surface area contributed by atoms with Crippen molar-refractivity contribution in [2.45, 2.75) is 37.6 Å². The molecule has 1 atom stereocenters. The summed E-state index contributed by atoms with van der Waals surface area (Å²) in [6.45, 7) is 3.66. The molecule has 0 aromatic heterocycles. The van der Waals surface area contributed by atoms with Crippen LogP contribution in [-0.2, 0) is 10.0 Å². The molecular formula is C11H15F2NO2S.